The number of rotatable bonds is 2. The van der Waals surface area contributed by atoms with Gasteiger partial charge in [-0.15, -0.1) is 0 Å². The van der Waals surface area contributed by atoms with Crippen molar-refractivity contribution in [1.29, 1.82) is 0 Å². The summed E-state index contributed by atoms with van der Waals surface area (Å²) in [7, 11) is 2.03. The quantitative estimate of drug-likeness (QED) is 0.820. The molecular formula is C15H20F3NO. The number of hydrogen-bond donors (Lipinski definition) is 0. The highest BCUT2D eigenvalue weighted by Gasteiger charge is 2.35. The molecule has 20 heavy (non-hydrogen) atoms. The van der Waals surface area contributed by atoms with Crippen LogP contribution >= 0.6 is 0 Å². The summed E-state index contributed by atoms with van der Waals surface area (Å²) in [4.78, 5) is 2.20. The normalized spacial score (nSPS) is 25.2. The van der Waals surface area contributed by atoms with Gasteiger partial charge in [-0.25, -0.2) is 0 Å². The Hall–Kier alpha value is -1.23. The molecular weight excluding hydrogens is 267 g/mol. The van der Waals surface area contributed by atoms with E-state index < -0.39 is 11.7 Å². The van der Waals surface area contributed by atoms with Crippen molar-refractivity contribution in [3.8, 4) is 5.75 Å². The summed E-state index contributed by atoms with van der Waals surface area (Å²) in [5.74, 6) is 0.158. The Morgan fingerprint density at radius 1 is 1.25 bits per heavy atom. The molecule has 1 aromatic carbocycles. The van der Waals surface area contributed by atoms with Gasteiger partial charge in [-0.2, -0.15) is 13.2 Å². The highest BCUT2D eigenvalue weighted by molar-refractivity contribution is 5.35. The van der Waals surface area contributed by atoms with Gasteiger partial charge in [0.1, 0.15) is 11.9 Å². The van der Waals surface area contributed by atoms with Gasteiger partial charge in [-0.05, 0) is 38.6 Å². The van der Waals surface area contributed by atoms with E-state index in [1.54, 1.807) is 6.07 Å². The van der Waals surface area contributed by atoms with E-state index in [4.69, 9.17) is 4.74 Å². The molecule has 0 bridgehead atoms. The third-order valence-corrected chi connectivity index (χ3v) is 3.73. The van der Waals surface area contributed by atoms with Gasteiger partial charge in [0.05, 0.1) is 5.56 Å². The van der Waals surface area contributed by atoms with E-state index in [1.807, 2.05) is 14.0 Å². The number of ether oxygens (including phenoxy) is 1. The largest absolute Gasteiger partial charge is 0.489 e. The van der Waals surface area contributed by atoms with Gasteiger partial charge in [0.2, 0.25) is 0 Å². The van der Waals surface area contributed by atoms with E-state index in [9.17, 15) is 13.2 Å². The summed E-state index contributed by atoms with van der Waals surface area (Å²) >= 11 is 0. The molecule has 2 unspecified atom stereocenters. The predicted octanol–water partition coefficient (Wildman–Crippen LogP) is 3.81. The molecule has 0 aliphatic carbocycles. The molecule has 1 saturated heterocycles. The van der Waals surface area contributed by atoms with Crippen molar-refractivity contribution >= 4 is 0 Å². The third-order valence-electron chi connectivity index (χ3n) is 3.73. The number of hydrogen-bond acceptors (Lipinski definition) is 2. The van der Waals surface area contributed by atoms with E-state index in [0.29, 0.717) is 0 Å². The average molecular weight is 287 g/mol. The van der Waals surface area contributed by atoms with Crippen molar-refractivity contribution in [1.82, 2.24) is 4.90 Å². The Labute approximate surface area is 117 Å². The molecule has 2 nitrogen and oxygen atoms in total. The van der Waals surface area contributed by atoms with E-state index in [1.165, 1.54) is 12.1 Å². The smallest absolute Gasteiger partial charge is 0.419 e. The van der Waals surface area contributed by atoms with Crippen molar-refractivity contribution in [3.05, 3.63) is 29.8 Å². The molecule has 112 valence electrons. The fourth-order valence-corrected chi connectivity index (χ4v) is 2.69. The first kappa shape index (κ1) is 15.2. The summed E-state index contributed by atoms with van der Waals surface area (Å²) < 4.78 is 44.6. The fraction of sp³-hybridized carbons (Fsp3) is 0.600. The van der Waals surface area contributed by atoms with Crippen LogP contribution in [0.2, 0.25) is 0 Å². The molecule has 0 aromatic heterocycles. The number of benzene rings is 1. The molecule has 0 radical (unpaired) electrons. The first-order chi connectivity index (χ1) is 9.38. The monoisotopic (exact) mass is 287 g/mol. The maximum Gasteiger partial charge on any atom is 0.419 e. The van der Waals surface area contributed by atoms with Gasteiger partial charge in [0.25, 0.3) is 0 Å². The van der Waals surface area contributed by atoms with E-state index in [2.05, 4.69) is 4.90 Å². The van der Waals surface area contributed by atoms with Gasteiger partial charge in [-0.1, -0.05) is 19.1 Å². The van der Waals surface area contributed by atoms with Crippen molar-refractivity contribution < 1.29 is 17.9 Å². The van der Waals surface area contributed by atoms with Crippen molar-refractivity contribution in [2.45, 2.75) is 32.0 Å². The van der Waals surface area contributed by atoms with Crippen LogP contribution in [-0.4, -0.2) is 31.1 Å². The maximum atomic E-state index is 13.0. The molecule has 0 N–H and O–H groups in total. The standard InChI is InChI=1S/C15H20F3NO/c1-11-10-19(2)9-5-8-13(11)20-14-7-4-3-6-12(14)15(16,17)18/h3-4,6-7,11,13H,5,8-10H2,1-2H3. The van der Waals surface area contributed by atoms with Crippen LogP contribution in [0.4, 0.5) is 13.2 Å². The molecule has 1 aliphatic rings. The van der Waals surface area contributed by atoms with E-state index in [-0.39, 0.29) is 17.8 Å². The van der Waals surface area contributed by atoms with E-state index >= 15 is 0 Å². The van der Waals surface area contributed by atoms with Gasteiger partial charge >= 0.3 is 6.18 Å². The molecule has 1 heterocycles. The maximum absolute atomic E-state index is 13.0. The lowest BCUT2D eigenvalue weighted by atomic mass is 10.0. The summed E-state index contributed by atoms with van der Waals surface area (Å²) in [5.41, 5.74) is -0.690. The number of alkyl halides is 3. The third kappa shape index (κ3) is 3.66. The number of likely N-dealkylation sites (tertiary alicyclic amines) is 1. The summed E-state index contributed by atoms with van der Waals surface area (Å²) in [6.07, 6.45) is -2.80. The SMILES string of the molecule is CC1CN(C)CCCC1Oc1ccccc1C(F)(F)F. The molecule has 1 aromatic rings. The average Bonchev–Trinajstić information content (AvgIpc) is 2.51. The highest BCUT2D eigenvalue weighted by atomic mass is 19.4. The minimum absolute atomic E-state index is 0.0543. The zero-order valence-corrected chi connectivity index (χ0v) is 11.8. The van der Waals surface area contributed by atoms with E-state index in [0.717, 1.165) is 32.0 Å². The highest BCUT2D eigenvalue weighted by Crippen LogP contribution is 2.37. The lowest BCUT2D eigenvalue weighted by Gasteiger charge is -2.25. The van der Waals surface area contributed by atoms with Gasteiger partial charge in [-0.3, -0.25) is 0 Å². The second-order valence-corrected chi connectivity index (χ2v) is 5.53. The second-order valence-electron chi connectivity index (χ2n) is 5.53. The molecule has 0 spiro atoms. The van der Waals surface area contributed by atoms with Crippen molar-refractivity contribution in [3.63, 3.8) is 0 Å². The zero-order chi connectivity index (χ0) is 14.8. The number of halogens is 3. The van der Waals surface area contributed by atoms with Crippen molar-refractivity contribution in [2.75, 3.05) is 20.1 Å². The molecule has 1 aliphatic heterocycles. The summed E-state index contributed by atoms with van der Waals surface area (Å²) in [6, 6.07) is 5.45. The van der Waals surface area contributed by atoms with Crippen LogP contribution in [0, 0.1) is 5.92 Å². The Kier molecular flexibility index (Phi) is 4.58. The van der Waals surface area contributed by atoms with Gasteiger partial charge < -0.3 is 9.64 Å². The first-order valence-electron chi connectivity index (χ1n) is 6.89. The van der Waals surface area contributed by atoms with Crippen LogP contribution in [0.1, 0.15) is 25.3 Å². The number of nitrogens with zero attached hydrogens (tertiary/aromatic N) is 1. The summed E-state index contributed by atoms with van der Waals surface area (Å²) in [5, 5.41) is 0. The number of para-hydroxylation sites is 1. The van der Waals surface area contributed by atoms with Crippen molar-refractivity contribution in [2.24, 2.45) is 5.92 Å². The topological polar surface area (TPSA) is 12.5 Å². The molecule has 1 fully saturated rings. The van der Waals surface area contributed by atoms with Crippen LogP contribution in [0.15, 0.2) is 24.3 Å². The summed E-state index contributed by atoms with van der Waals surface area (Å²) in [6.45, 7) is 3.84. The molecule has 2 rings (SSSR count). The molecule has 2 atom stereocenters. The molecule has 5 heteroatoms. The first-order valence-corrected chi connectivity index (χ1v) is 6.89. The van der Waals surface area contributed by atoms with Crippen LogP contribution in [0.3, 0.4) is 0 Å². The molecule has 0 saturated carbocycles. The van der Waals surface area contributed by atoms with Crippen LogP contribution in [0.25, 0.3) is 0 Å². The lowest BCUT2D eigenvalue weighted by molar-refractivity contribution is -0.139. The minimum atomic E-state index is -4.37. The van der Waals surface area contributed by atoms with Crippen LogP contribution in [-0.2, 0) is 6.18 Å². The Morgan fingerprint density at radius 2 is 1.95 bits per heavy atom. The lowest BCUT2D eigenvalue weighted by Crippen LogP contribution is -2.31. The van der Waals surface area contributed by atoms with Gasteiger partial charge in [0.15, 0.2) is 0 Å². The zero-order valence-electron chi connectivity index (χ0n) is 11.8. The predicted molar refractivity (Wildman–Crippen MR) is 71.8 cm³/mol. The van der Waals surface area contributed by atoms with Gasteiger partial charge in [0, 0.05) is 12.5 Å². The Bertz CT molecular complexity index is 447. The van der Waals surface area contributed by atoms with Crippen LogP contribution in [0.5, 0.6) is 5.75 Å². The van der Waals surface area contributed by atoms with Crippen LogP contribution < -0.4 is 4.74 Å². The Balaban J connectivity index is 2.17. The molecule has 0 amide bonds. The minimum Gasteiger partial charge on any atom is -0.489 e. The second kappa shape index (κ2) is 6.04. The Morgan fingerprint density at radius 3 is 2.65 bits per heavy atom. The fourth-order valence-electron chi connectivity index (χ4n) is 2.69.